The third kappa shape index (κ3) is 3.50. The maximum absolute atomic E-state index is 12.8. The largest absolute Gasteiger partial charge is 0.368 e. The number of pyridine rings is 1. The Bertz CT molecular complexity index is 700. The molecule has 0 bridgehead atoms. The van der Waals surface area contributed by atoms with Gasteiger partial charge in [-0.05, 0) is 24.1 Å². The molecule has 6 nitrogen and oxygen atoms in total. The van der Waals surface area contributed by atoms with Crippen LogP contribution in [0, 0.1) is 0 Å². The van der Waals surface area contributed by atoms with E-state index in [0.717, 1.165) is 32.6 Å². The minimum Gasteiger partial charge on any atom is -0.368 e. The number of amides is 1. The molecule has 2 aliphatic heterocycles. The second-order valence-electron chi connectivity index (χ2n) is 6.56. The summed E-state index contributed by atoms with van der Waals surface area (Å²) in [6, 6.07) is 14.3. The van der Waals surface area contributed by atoms with E-state index >= 15 is 0 Å². The van der Waals surface area contributed by atoms with Crippen LogP contribution in [0.4, 0.5) is 5.69 Å². The van der Waals surface area contributed by atoms with Crippen molar-refractivity contribution in [2.75, 3.05) is 31.1 Å². The number of nitrogens with one attached hydrogen (secondary N) is 2. The van der Waals surface area contributed by atoms with Crippen LogP contribution in [0.2, 0.25) is 0 Å². The molecule has 6 heteroatoms. The number of hydrogen-bond donors (Lipinski definition) is 2. The zero-order valence-electron chi connectivity index (χ0n) is 14.1. The Hall–Kier alpha value is -2.44. The van der Waals surface area contributed by atoms with Crippen molar-refractivity contribution >= 4 is 11.6 Å². The molecule has 130 valence electrons. The summed E-state index contributed by atoms with van der Waals surface area (Å²) in [5.74, 6) is 0.195. The third-order valence-electron chi connectivity index (χ3n) is 5.02. The Morgan fingerprint density at radius 1 is 0.960 bits per heavy atom. The molecule has 2 N–H and O–H groups in total. The first-order valence-electron chi connectivity index (χ1n) is 8.81. The molecule has 0 saturated carbocycles. The van der Waals surface area contributed by atoms with Gasteiger partial charge < -0.3 is 9.80 Å². The molecule has 1 aromatic heterocycles. The summed E-state index contributed by atoms with van der Waals surface area (Å²) in [4.78, 5) is 21.2. The number of carbonyl (C=O) groups is 1. The molecule has 3 heterocycles. The van der Waals surface area contributed by atoms with E-state index in [2.05, 4.69) is 32.9 Å². The molecule has 2 unspecified atom stereocenters. The van der Waals surface area contributed by atoms with Crippen LogP contribution in [-0.2, 0) is 4.79 Å². The molecule has 2 atom stereocenters. The van der Waals surface area contributed by atoms with Gasteiger partial charge in [0.25, 0.3) is 0 Å². The van der Waals surface area contributed by atoms with Crippen molar-refractivity contribution in [3.63, 3.8) is 0 Å². The Balaban J connectivity index is 1.32. The number of anilines is 1. The van der Waals surface area contributed by atoms with Gasteiger partial charge in [-0.15, -0.1) is 0 Å². The van der Waals surface area contributed by atoms with E-state index in [1.54, 1.807) is 0 Å². The first-order valence-corrected chi connectivity index (χ1v) is 8.81. The van der Waals surface area contributed by atoms with E-state index in [4.69, 9.17) is 0 Å². The summed E-state index contributed by atoms with van der Waals surface area (Å²) >= 11 is 0. The average molecular weight is 337 g/mol. The van der Waals surface area contributed by atoms with Gasteiger partial charge >= 0.3 is 0 Å². The van der Waals surface area contributed by atoms with Crippen molar-refractivity contribution in [1.29, 1.82) is 0 Å². The number of rotatable bonds is 3. The van der Waals surface area contributed by atoms with Crippen molar-refractivity contribution in [2.45, 2.75) is 18.5 Å². The molecule has 0 radical (unpaired) electrons. The Morgan fingerprint density at radius 3 is 2.40 bits per heavy atom. The molecular formula is C19H23N5O. The van der Waals surface area contributed by atoms with E-state index in [0.29, 0.717) is 0 Å². The minimum atomic E-state index is -0.155. The van der Waals surface area contributed by atoms with Crippen molar-refractivity contribution < 1.29 is 4.79 Å². The molecule has 0 aliphatic carbocycles. The number of nitrogens with zero attached hydrogens (tertiary/aromatic N) is 3. The van der Waals surface area contributed by atoms with Crippen LogP contribution in [0.25, 0.3) is 0 Å². The lowest BCUT2D eigenvalue weighted by atomic mass is 10.0. The molecule has 2 aromatic rings. The maximum atomic E-state index is 12.8. The van der Waals surface area contributed by atoms with Crippen LogP contribution < -0.4 is 15.8 Å². The number of hydrazine groups is 1. The highest BCUT2D eigenvalue weighted by molar-refractivity contribution is 5.82. The molecule has 2 aliphatic rings. The molecule has 0 spiro atoms. The van der Waals surface area contributed by atoms with Crippen molar-refractivity contribution in [3.05, 3.63) is 60.4 Å². The summed E-state index contributed by atoms with van der Waals surface area (Å²) in [7, 11) is 0. The standard InChI is InChI=1S/C19H23N5O/c25-19(18-14-17(21-22-18)15-4-2-1-3-5-15)24-12-10-23(11-13-24)16-6-8-20-9-7-16/h1-9,17-18,21-22H,10-14H2. The van der Waals surface area contributed by atoms with Gasteiger partial charge in [0.1, 0.15) is 6.04 Å². The molecule has 4 rings (SSSR count). The fourth-order valence-electron chi connectivity index (χ4n) is 3.58. The van der Waals surface area contributed by atoms with Gasteiger partial charge in [0, 0.05) is 50.3 Å². The Labute approximate surface area is 147 Å². The summed E-state index contributed by atoms with van der Waals surface area (Å²) < 4.78 is 0. The quantitative estimate of drug-likeness (QED) is 0.885. The SMILES string of the molecule is O=C(C1CC(c2ccccc2)NN1)N1CCN(c2ccncc2)CC1. The van der Waals surface area contributed by atoms with Gasteiger partial charge in [-0.3, -0.25) is 9.78 Å². The van der Waals surface area contributed by atoms with E-state index in [1.165, 1.54) is 11.3 Å². The number of piperazine rings is 1. The average Bonchev–Trinajstić information content (AvgIpc) is 3.19. The number of carbonyl (C=O) groups excluding carboxylic acids is 1. The zero-order valence-corrected chi connectivity index (χ0v) is 14.1. The van der Waals surface area contributed by atoms with Crippen LogP contribution in [0.15, 0.2) is 54.9 Å². The van der Waals surface area contributed by atoms with Crippen molar-refractivity contribution in [3.8, 4) is 0 Å². The van der Waals surface area contributed by atoms with Gasteiger partial charge in [-0.1, -0.05) is 30.3 Å². The first-order chi connectivity index (χ1) is 12.3. The predicted octanol–water partition coefficient (Wildman–Crippen LogP) is 1.34. The van der Waals surface area contributed by atoms with Gasteiger partial charge in [-0.2, -0.15) is 0 Å². The van der Waals surface area contributed by atoms with E-state index < -0.39 is 0 Å². The van der Waals surface area contributed by atoms with E-state index in [9.17, 15) is 4.79 Å². The zero-order chi connectivity index (χ0) is 17.1. The Kier molecular flexibility index (Phi) is 4.63. The number of hydrogen-bond acceptors (Lipinski definition) is 5. The van der Waals surface area contributed by atoms with Crippen LogP contribution in [0.3, 0.4) is 0 Å². The highest BCUT2D eigenvalue weighted by atomic mass is 16.2. The summed E-state index contributed by atoms with van der Waals surface area (Å²) in [6.45, 7) is 3.24. The van der Waals surface area contributed by atoms with E-state index in [1.807, 2.05) is 47.6 Å². The normalized spacial score (nSPS) is 23.7. The lowest BCUT2D eigenvalue weighted by Gasteiger charge is -2.37. The molecule has 1 amide bonds. The highest BCUT2D eigenvalue weighted by Gasteiger charge is 2.34. The Morgan fingerprint density at radius 2 is 1.68 bits per heavy atom. The molecule has 2 fully saturated rings. The first kappa shape index (κ1) is 16.1. The van der Waals surface area contributed by atoms with Crippen molar-refractivity contribution in [1.82, 2.24) is 20.7 Å². The van der Waals surface area contributed by atoms with Crippen LogP contribution in [0.1, 0.15) is 18.0 Å². The van der Waals surface area contributed by atoms with Crippen LogP contribution in [0.5, 0.6) is 0 Å². The summed E-state index contributed by atoms with van der Waals surface area (Å²) in [6.07, 6.45) is 4.41. The number of benzene rings is 1. The molecule has 2 saturated heterocycles. The second-order valence-corrected chi connectivity index (χ2v) is 6.56. The third-order valence-corrected chi connectivity index (χ3v) is 5.02. The molecule has 1 aromatic carbocycles. The van der Waals surface area contributed by atoms with Gasteiger partial charge in [0.2, 0.25) is 5.91 Å². The fraction of sp³-hybridized carbons (Fsp3) is 0.368. The number of aromatic nitrogens is 1. The maximum Gasteiger partial charge on any atom is 0.241 e. The fourth-order valence-corrected chi connectivity index (χ4v) is 3.58. The van der Waals surface area contributed by atoms with Gasteiger partial charge in [-0.25, -0.2) is 10.9 Å². The molecule has 25 heavy (non-hydrogen) atoms. The summed E-state index contributed by atoms with van der Waals surface area (Å²) in [5.41, 5.74) is 8.83. The van der Waals surface area contributed by atoms with Gasteiger partial charge in [0.05, 0.1) is 0 Å². The van der Waals surface area contributed by atoms with Gasteiger partial charge in [0.15, 0.2) is 0 Å². The lowest BCUT2D eigenvalue weighted by molar-refractivity contribution is -0.133. The van der Waals surface area contributed by atoms with E-state index in [-0.39, 0.29) is 18.0 Å². The van der Waals surface area contributed by atoms with Crippen LogP contribution >= 0.6 is 0 Å². The van der Waals surface area contributed by atoms with Crippen molar-refractivity contribution in [2.24, 2.45) is 0 Å². The highest BCUT2D eigenvalue weighted by Crippen LogP contribution is 2.23. The predicted molar refractivity (Wildman–Crippen MR) is 96.9 cm³/mol. The molecular weight excluding hydrogens is 314 g/mol. The smallest absolute Gasteiger partial charge is 0.241 e. The monoisotopic (exact) mass is 337 g/mol. The second kappa shape index (κ2) is 7.21. The van der Waals surface area contributed by atoms with Crippen LogP contribution in [-0.4, -0.2) is 48.0 Å². The minimum absolute atomic E-state index is 0.155. The lowest BCUT2D eigenvalue weighted by Crippen LogP contribution is -2.53. The topological polar surface area (TPSA) is 60.5 Å². The summed E-state index contributed by atoms with van der Waals surface area (Å²) in [5, 5.41) is 0.